The second-order valence-electron chi connectivity index (χ2n) is 17.7. The van der Waals surface area contributed by atoms with E-state index in [2.05, 4.69) is 97.4 Å². The fraction of sp³-hybridized carbons (Fsp3) is 0.565. The van der Waals surface area contributed by atoms with Crippen LogP contribution in [0.4, 0.5) is 0 Å². The highest BCUT2D eigenvalue weighted by Crippen LogP contribution is 2.43. The van der Waals surface area contributed by atoms with Crippen molar-refractivity contribution >= 4 is 27.8 Å². The van der Waals surface area contributed by atoms with Gasteiger partial charge in [0.05, 0.1) is 29.1 Å². The number of hydrogen-bond acceptors (Lipinski definition) is 5. The van der Waals surface area contributed by atoms with E-state index in [0.29, 0.717) is 48.6 Å². The average Bonchev–Trinajstić information content (AvgIpc) is 3.96. The molecule has 54 heavy (non-hydrogen) atoms. The number of aryl methyl sites for hydroxylation is 1. The largest absolute Gasteiger partial charge is 0.472 e. The van der Waals surface area contributed by atoms with Crippen LogP contribution in [0, 0.1) is 23.7 Å². The van der Waals surface area contributed by atoms with Crippen molar-refractivity contribution in [3.05, 3.63) is 76.8 Å². The second kappa shape index (κ2) is 15.3. The first-order valence-corrected chi connectivity index (χ1v) is 21.1. The Morgan fingerprint density at radius 2 is 1.89 bits per heavy atom. The number of rotatable bonds is 11. The van der Waals surface area contributed by atoms with Gasteiger partial charge in [-0.2, -0.15) is 0 Å². The van der Waals surface area contributed by atoms with Crippen LogP contribution in [0.15, 0.2) is 48.4 Å². The van der Waals surface area contributed by atoms with E-state index < -0.39 is 0 Å². The molecule has 0 amide bonds. The third-order valence-corrected chi connectivity index (χ3v) is 13.2. The van der Waals surface area contributed by atoms with Crippen LogP contribution >= 0.6 is 0 Å². The Hall–Kier alpha value is -3.88. The van der Waals surface area contributed by atoms with E-state index in [4.69, 9.17) is 15.5 Å². The molecule has 288 valence electrons. The van der Waals surface area contributed by atoms with Gasteiger partial charge < -0.3 is 25.0 Å². The van der Waals surface area contributed by atoms with Gasteiger partial charge in [-0.1, -0.05) is 54.0 Å². The normalized spacial score (nSPS) is 24.1. The number of ketones is 1. The Bertz CT molecular complexity index is 2060. The van der Waals surface area contributed by atoms with Crippen LogP contribution in [0.3, 0.4) is 0 Å². The predicted molar refractivity (Wildman–Crippen MR) is 220 cm³/mol. The summed E-state index contributed by atoms with van der Waals surface area (Å²) in [6, 6.07) is 12.1. The maximum Gasteiger partial charge on any atom is 0.165 e. The van der Waals surface area contributed by atoms with Crippen LogP contribution < -0.4 is 5.73 Å². The third kappa shape index (κ3) is 7.16. The Kier molecular flexibility index (Phi) is 10.5. The number of carbonyl (C=O) groups is 1. The Morgan fingerprint density at radius 1 is 1.04 bits per heavy atom. The predicted octanol–water partition coefficient (Wildman–Crippen LogP) is 10.1. The monoisotopic (exact) mass is 730 g/mol. The van der Waals surface area contributed by atoms with E-state index >= 15 is 0 Å². The number of benzene rings is 1. The van der Waals surface area contributed by atoms with E-state index in [-0.39, 0.29) is 12.0 Å². The molecule has 5 unspecified atom stereocenters. The second-order valence-corrected chi connectivity index (χ2v) is 17.7. The summed E-state index contributed by atoms with van der Waals surface area (Å²) in [5, 5.41) is 1.22. The molecule has 1 saturated heterocycles. The molecule has 0 bridgehead atoms. The number of Topliss-reactive ketones (excluding diaryl/α,β-unsaturated/α-hetero) is 1. The first kappa shape index (κ1) is 37.1. The zero-order valence-electron chi connectivity index (χ0n) is 33.5. The van der Waals surface area contributed by atoms with Crippen LogP contribution in [-0.2, 0) is 22.7 Å². The quantitative estimate of drug-likeness (QED) is 0.133. The minimum Gasteiger partial charge on any atom is -0.472 e. The van der Waals surface area contributed by atoms with Gasteiger partial charge in [0.25, 0.3) is 0 Å². The zero-order valence-corrected chi connectivity index (χ0v) is 33.5. The molecule has 4 aliphatic rings. The highest BCUT2D eigenvalue weighted by molar-refractivity contribution is 5.91. The van der Waals surface area contributed by atoms with E-state index in [0.717, 1.165) is 80.9 Å². The molecule has 2 fully saturated rings. The van der Waals surface area contributed by atoms with E-state index in [1.54, 1.807) is 0 Å². The Labute approximate surface area is 322 Å². The van der Waals surface area contributed by atoms with Crippen LogP contribution in [0.1, 0.15) is 140 Å². The van der Waals surface area contributed by atoms with Gasteiger partial charge in [-0.15, -0.1) is 0 Å². The number of fused-ring (bicyclic) bond motifs is 4. The number of carbonyl (C=O) groups excluding carboxylic acids is 1. The summed E-state index contributed by atoms with van der Waals surface area (Å²) in [5.41, 5.74) is 17.9. The lowest BCUT2D eigenvalue weighted by molar-refractivity contribution is -0.125. The summed E-state index contributed by atoms with van der Waals surface area (Å²) in [7, 11) is 0. The van der Waals surface area contributed by atoms with Crippen LogP contribution in [-0.4, -0.2) is 49.3 Å². The number of aromatic amines is 2. The number of likely N-dealkylation sites (tertiary alicyclic amines) is 1. The summed E-state index contributed by atoms with van der Waals surface area (Å²) >= 11 is 0. The summed E-state index contributed by atoms with van der Waals surface area (Å²) < 4.78 is 8.84. The van der Waals surface area contributed by atoms with Crippen molar-refractivity contribution in [2.24, 2.45) is 29.4 Å². The Morgan fingerprint density at radius 3 is 2.69 bits per heavy atom. The molecule has 2 aliphatic heterocycles. The lowest BCUT2D eigenvalue weighted by Crippen LogP contribution is -2.40. The van der Waals surface area contributed by atoms with Gasteiger partial charge in [-0.05, 0) is 117 Å². The molecule has 8 rings (SSSR count). The minimum atomic E-state index is 0.126. The summed E-state index contributed by atoms with van der Waals surface area (Å²) in [6.45, 7) is 15.9. The number of hydrogen-bond donors (Lipinski definition) is 3. The number of nitrogens with one attached hydrogen (secondary N) is 2. The van der Waals surface area contributed by atoms with Crippen molar-refractivity contribution in [3.8, 4) is 11.3 Å². The lowest BCUT2D eigenvalue weighted by atomic mass is 9.81. The molecule has 1 aromatic carbocycles. The number of imidazole rings is 1. The fourth-order valence-electron chi connectivity index (χ4n) is 9.87. The zero-order chi connectivity index (χ0) is 37.7. The Balaban J connectivity index is 1.02. The van der Waals surface area contributed by atoms with Gasteiger partial charge in [0.15, 0.2) is 6.73 Å². The molecular weight excluding hydrogens is 669 g/mol. The molecule has 0 spiro atoms. The van der Waals surface area contributed by atoms with Crippen molar-refractivity contribution in [2.75, 3.05) is 13.1 Å². The van der Waals surface area contributed by atoms with Gasteiger partial charge in [-0.3, -0.25) is 9.69 Å². The molecule has 3 aromatic heterocycles. The summed E-state index contributed by atoms with van der Waals surface area (Å²) in [4.78, 5) is 28.4. The number of allylic oxidation sites excluding steroid dienone is 3. The summed E-state index contributed by atoms with van der Waals surface area (Å²) in [5.74, 6) is 4.21. The SMILES string of the molecule is CCc1cc(C2=CC3=C(CC2)c2cc4cc(-c5cnc(C6CCCC(C)C(C(=O)CC(C)C)C6)[nH]5)ccc4n2CO3)[nH]c1C1CCCN1CC(N)C(C)C. The number of H-pyrrole nitrogens is 2. The van der Waals surface area contributed by atoms with Gasteiger partial charge in [0, 0.05) is 58.8 Å². The van der Waals surface area contributed by atoms with Crippen molar-refractivity contribution < 1.29 is 9.53 Å². The average molecular weight is 731 g/mol. The van der Waals surface area contributed by atoms with Crippen LogP contribution in [0.2, 0.25) is 0 Å². The highest BCUT2D eigenvalue weighted by Gasteiger charge is 2.34. The third-order valence-electron chi connectivity index (χ3n) is 13.2. The lowest BCUT2D eigenvalue weighted by Gasteiger charge is -2.29. The smallest absolute Gasteiger partial charge is 0.165 e. The van der Waals surface area contributed by atoms with Crippen molar-refractivity contribution in [2.45, 2.75) is 130 Å². The van der Waals surface area contributed by atoms with Gasteiger partial charge in [0.2, 0.25) is 0 Å². The molecule has 0 radical (unpaired) electrons. The standard InChI is InChI=1S/C46H62N6O2/c1-7-30-21-38(49-45(30)41-12-9-17-51(41)25-37(47)28(4)5)32-13-15-35-42-22-34-19-31(14-16-40(34)52(42)26-54-44(35)23-32)39-24-48-46(50-39)33-11-8-10-29(6)36(20-33)43(53)18-27(2)3/h14,16,19,21-24,27-29,33,36-37,41,49H,7-13,15,17-18,20,25-26,47H2,1-6H3,(H,48,50). The molecule has 2 aliphatic carbocycles. The van der Waals surface area contributed by atoms with E-state index in [1.807, 2.05) is 6.20 Å². The number of nitrogens with two attached hydrogens (primary N) is 1. The maximum atomic E-state index is 13.2. The van der Waals surface area contributed by atoms with Crippen LogP contribution in [0.5, 0.6) is 0 Å². The molecular formula is C46H62N6O2. The van der Waals surface area contributed by atoms with Gasteiger partial charge in [-0.25, -0.2) is 4.98 Å². The minimum absolute atomic E-state index is 0.126. The van der Waals surface area contributed by atoms with Crippen molar-refractivity contribution in [1.82, 2.24) is 24.4 Å². The van der Waals surface area contributed by atoms with Gasteiger partial charge in [0.1, 0.15) is 17.4 Å². The van der Waals surface area contributed by atoms with Gasteiger partial charge >= 0.3 is 0 Å². The van der Waals surface area contributed by atoms with E-state index in [1.165, 1.54) is 57.5 Å². The molecule has 4 N–H and O–H groups in total. The maximum absolute atomic E-state index is 13.2. The highest BCUT2D eigenvalue weighted by atomic mass is 16.5. The molecule has 5 heterocycles. The van der Waals surface area contributed by atoms with Crippen molar-refractivity contribution in [3.63, 3.8) is 0 Å². The summed E-state index contributed by atoms with van der Waals surface area (Å²) in [6.07, 6.45) is 14.6. The first-order valence-electron chi connectivity index (χ1n) is 21.1. The van der Waals surface area contributed by atoms with E-state index in [9.17, 15) is 4.79 Å². The number of ether oxygens (including phenoxy) is 1. The number of nitrogens with zero attached hydrogens (tertiary/aromatic N) is 3. The first-order chi connectivity index (χ1) is 26.1. The molecule has 5 atom stereocenters. The molecule has 4 aromatic rings. The number of aromatic nitrogens is 4. The molecule has 8 nitrogen and oxygen atoms in total. The van der Waals surface area contributed by atoms with Crippen molar-refractivity contribution in [1.29, 1.82) is 0 Å². The molecule has 1 saturated carbocycles. The molecule has 8 heteroatoms. The van der Waals surface area contributed by atoms with Crippen LogP contribution in [0.25, 0.3) is 33.3 Å². The topological polar surface area (TPSA) is 105 Å². The fourth-order valence-corrected chi connectivity index (χ4v) is 9.87.